The van der Waals surface area contributed by atoms with Gasteiger partial charge >= 0.3 is 5.97 Å². The zero-order chi connectivity index (χ0) is 42.6. The number of hydrogen-bond acceptors (Lipinski definition) is 12. The van der Waals surface area contributed by atoms with Crippen LogP contribution in [0, 0.1) is 35.4 Å². The number of halogens is 3. The van der Waals surface area contributed by atoms with E-state index in [0.717, 1.165) is 31.3 Å². The lowest BCUT2D eigenvalue weighted by atomic mass is 9.89. The summed E-state index contributed by atoms with van der Waals surface area (Å²) in [5.41, 5.74) is -1.23. The van der Waals surface area contributed by atoms with Gasteiger partial charge in [-0.05, 0) is 44.3 Å². The number of nitriles is 1. The van der Waals surface area contributed by atoms with Gasteiger partial charge in [0.2, 0.25) is 5.69 Å². The van der Waals surface area contributed by atoms with E-state index >= 15 is 4.39 Å². The largest absolute Gasteiger partial charge is 0.490 e. The van der Waals surface area contributed by atoms with Crippen LogP contribution in [0.5, 0.6) is 5.75 Å². The molecule has 3 heterocycles. The normalized spacial score (nSPS) is 19.1. The number of piperazine rings is 1. The monoisotopic (exact) mass is 841 g/mol. The zero-order valence-corrected chi connectivity index (χ0v) is 33.7. The molecule has 2 aliphatic rings. The van der Waals surface area contributed by atoms with Gasteiger partial charge in [0.25, 0.3) is 0 Å². The van der Waals surface area contributed by atoms with Crippen LogP contribution in [-0.2, 0) is 37.8 Å². The number of hydrogen-bond donors (Lipinski definition) is 0. The van der Waals surface area contributed by atoms with Crippen molar-refractivity contribution in [3.8, 4) is 11.8 Å². The van der Waals surface area contributed by atoms with Gasteiger partial charge in [0.05, 0.1) is 55.3 Å². The first kappa shape index (κ1) is 43.8. The Labute approximate surface area is 349 Å². The molecular formula is C43H42F3N7O6S. The van der Waals surface area contributed by atoms with Crippen molar-refractivity contribution in [2.45, 2.75) is 42.5 Å². The Bertz CT molecular complexity index is 2280. The van der Waals surface area contributed by atoms with E-state index in [1.165, 1.54) is 59.4 Å². The first-order chi connectivity index (χ1) is 29.0. The molecule has 312 valence electrons. The lowest BCUT2D eigenvalue weighted by molar-refractivity contribution is -0.147. The number of aromatic nitrogens is 3. The van der Waals surface area contributed by atoms with Crippen LogP contribution in [0.3, 0.4) is 0 Å². The van der Waals surface area contributed by atoms with E-state index in [-0.39, 0.29) is 71.9 Å². The molecule has 1 aromatic heterocycles. The summed E-state index contributed by atoms with van der Waals surface area (Å²) >= 11 is 1.33. The average molecular weight is 842 g/mol. The van der Waals surface area contributed by atoms with Gasteiger partial charge in [0.15, 0.2) is 18.2 Å². The van der Waals surface area contributed by atoms with Gasteiger partial charge in [-0.1, -0.05) is 36.4 Å². The van der Waals surface area contributed by atoms with Crippen molar-refractivity contribution in [3.63, 3.8) is 0 Å². The minimum Gasteiger partial charge on any atom is -0.490 e. The summed E-state index contributed by atoms with van der Waals surface area (Å²) in [5, 5.41) is 12.1. The molecule has 0 aliphatic carbocycles. The molecule has 17 heteroatoms. The number of esters is 1. The molecule has 6 rings (SSSR count). The second-order valence-electron chi connectivity index (χ2n) is 14.2. The fraction of sp³-hybridized carbons (Fsp3) is 0.349. The number of aldehydes is 1. The summed E-state index contributed by atoms with van der Waals surface area (Å²) in [6.45, 7) is 12.7. The van der Waals surface area contributed by atoms with Crippen molar-refractivity contribution in [2.24, 2.45) is 0 Å². The molecule has 2 aliphatic heterocycles. The first-order valence-corrected chi connectivity index (χ1v) is 19.9. The third-order valence-corrected chi connectivity index (χ3v) is 11.6. The number of likely N-dealkylation sites (N-methyl/N-ethyl adjacent to an activating group) is 1. The third kappa shape index (κ3) is 10.9. The average Bonchev–Trinajstić information content (AvgIpc) is 3.76. The third-order valence-electron chi connectivity index (χ3n) is 10.1. The van der Waals surface area contributed by atoms with Crippen molar-refractivity contribution in [1.29, 1.82) is 5.26 Å². The maximum Gasteiger partial charge on any atom is 0.320 e. The Morgan fingerprint density at radius 2 is 1.88 bits per heavy atom. The molecule has 2 fully saturated rings. The molecule has 0 saturated carbocycles. The molecule has 2 atom stereocenters. The van der Waals surface area contributed by atoms with Crippen LogP contribution < -0.4 is 4.74 Å². The molecule has 0 radical (unpaired) electrons. The summed E-state index contributed by atoms with van der Waals surface area (Å²) < 4.78 is 70.7. The Morgan fingerprint density at radius 3 is 2.55 bits per heavy atom. The maximum atomic E-state index is 16.2. The van der Waals surface area contributed by atoms with E-state index in [1.54, 1.807) is 31.2 Å². The zero-order valence-electron chi connectivity index (χ0n) is 32.9. The second kappa shape index (κ2) is 20.4. The van der Waals surface area contributed by atoms with Gasteiger partial charge in [-0.3, -0.25) is 14.5 Å². The standard InChI is InChI=1S/C43H42F3N7O6S/c1-29(60-34-24-57-41(58-25-34)7-5-4-6-31-9-8-30(20-47)18-37(31)45)43(26-53-28-49-27-50-53,36-12-11-33(44)19-38(36)46)59-42-35(22-54)32(10-13-39(42)48-2)23-56-40(55)21-52-16-14-51(3)15-17-52/h4-13,18-19,22,27-29,34,41H,14-17,21,23-26H2,1,3H3/t29-,34?,41?,43-/m1/s1. The fourth-order valence-electron chi connectivity index (χ4n) is 6.78. The molecule has 0 spiro atoms. The molecule has 0 amide bonds. The van der Waals surface area contributed by atoms with E-state index in [0.29, 0.717) is 24.9 Å². The highest BCUT2D eigenvalue weighted by atomic mass is 32.2. The Kier molecular flexibility index (Phi) is 14.9. The minimum absolute atomic E-state index is 0.0666. The Hall–Kier alpha value is -5.82. The van der Waals surface area contributed by atoms with Crippen molar-refractivity contribution >= 4 is 35.8 Å². The molecule has 3 aromatic carbocycles. The van der Waals surface area contributed by atoms with Crippen molar-refractivity contribution < 1.29 is 41.7 Å². The summed E-state index contributed by atoms with van der Waals surface area (Å²) in [6.07, 6.45) is 8.92. The van der Waals surface area contributed by atoms with Crippen LogP contribution in [-0.4, -0.2) is 107 Å². The van der Waals surface area contributed by atoms with E-state index in [2.05, 4.69) is 19.8 Å². The van der Waals surface area contributed by atoms with Crippen LogP contribution in [0.2, 0.25) is 0 Å². The highest BCUT2D eigenvalue weighted by Crippen LogP contribution is 2.46. The van der Waals surface area contributed by atoms with Gasteiger partial charge in [-0.15, -0.1) is 11.8 Å². The molecule has 0 N–H and O–H groups in total. The van der Waals surface area contributed by atoms with Crippen LogP contribution >= 0.6 is 11.8 Å². The van der Waals surface area contributed by atoms with E-state index < -0.39 is 40.6 Å². The van der Waals surface area contributed by atoms with E-state index in [4.69, 9.17) is 30.8 Å². The molecule has 13 nitrogen and oxygen atoms in total. The lowest BCUT2D eigenvalue weighted by Gasteiger charge is -2.42. The number of benzene rings is 3. The summed E-state index contributed by atoms with van der Waals surface area (Å²) in [6, 6.07) is 12.1. The molecule has 2 saturated heterocycles. The topological polar surface area (TPSA) is 136 Å². The smallest absolute Gasteiger partial charge is 0.320 e. The highest BCUT2D eigenvalue weighted by Gasteiger charge is 2.46. The van der Waals surface area contributed by atoms with Crippen molar-refractivity contribution in [3.05, 3.63) is 136 Å². The summed E-state index contributed by atoms with van der Waals surface area (Å²) in [5.74, 6) is -2.97. The van der Waals surface area contributed by atoms with Crippen LogP contribution in [0.1, 0.15) is 39.5 Å². The predicted octanol–water partition coefficient (Wildman–Crippen LogP) is 6.33. The van der Waals surface area contributed by atoms with Crippen LogP contribution in [0.25, 0.3) is 10.9 Å². The number of ether oxygens (including phenoxy) is 4. The van der Waals surface area contributed by atoms with E-state index in [9.17, 15) is 18.4 Å². The second-order valence-corrected chi connectivity index (χ2v) is 15.8. The molecule has 4 aromatic rings. The molecule has 60 heavy (non-hydrogen) atoms. The molecule has 0 unspecified atom stereocenters. The molecular weight excluding hydrogens is 800 g/mol. The Morgan fingerprint density at radius 1 is 1.10 bits per heavy atom. The number of carbonyl (C=O) groups excluding carboxylic acids is 2. The number of rotatable bonds is 16. The number of allylic oxidation sites excluding steroid dienone is 2. The molecule has 0 bridgehead atoms. The lowest BCUT2D eigenvalue weighted by Crippen LogP contribution is -2.48. The number of carbonyl (C=O) groups is 2. The van der Waals surface area contributed by atoms with Gasteiger partial charge in [-0.2, -0.15) is 10.4 Å². The van der Waals surface area contributed by atoms with Crippen molar-refractivity contribution in [1.82, 2.24) is 24.6 Å². The van der Waals surface area contributed by atoms with E-state index in [1.807, 2.05) is 18.0 Å². The quantitative estimate of drug-likeness (QED) is 0.0540. The van der Waals surface area contributed by atoms with Crippen LogP contribution in [0.4, 0.5) is 18.9 Å². The summed E-state index contributed by atoms with van der Waals surface area (Å²) in [7, 11) is 2.01. The van der Waals surface area contributed by atoms with Gasteiger partial charge in [0.1, 0.15) is 42.5 Å². The first-order valence-electron chi connectivity index (χ1n) is 19.0. The fourth-order valence-corrected chi connectivity index (χ4v) is 8.14. The predicted molar refractivity (Wildman–Crippen MR) is 216 cm³/mol. The summed E-state index contributed by atoms with van der Waals surface area (Å²) in [4.78, 5) is 37.6. The Balaban J connectivity index is 1.25. The minimum atomic E-state index is -1.79. The number of nitrogens with zero attached hydrogens (tertiary/aromatic N) is 7. The maximum absolute atomic E-state index is 16.2. The van der Waals surface area contributed by atoms with Crippen molar-refractivity contribution in [2.75, 3.05) is 53.0 Å². The SMILES string of the molecule is [C-]#[N+]c1ccc(COC(=O)CN2CCN(C)CC2)c(C=O)c1O[C@@](Cn1cncn1)(c1ccc(F)cc1F)[C@@H](C)SC1COC(C=CC=Cc2ccc(C#N)cc2F)OC1. The van der Waals surface area contributed by atoms with Gasteiger partial charge in [-0.25, -0.2) is 27.7 Å². The van der Waals surface area contributed by atoms with Gasteiger partial charge < -0.3 is 23.8 Å². The van der Waals surface area contributed by atoms with Gasteiger partial charge in [0, 0.05) is 54.2 Å². The highest BCUT2D eigenvalue weighted by molar-refractivity contribution is 8.00. The van der Waals surface area contributed by atoms with Crippen LogP contribution in [0.15, 0.2) is 79.4 Å². The number of thioether (sulfide) groups is 1.